The van der Waals surface area contributed by atoms with Crippen LogP contribution in [-0.2, 0) is 20.8 Å². The lowest BCUT2D eigenvalue weighted by atomic mass is 10.5. The smallest absolute Gasteiger partial charge is 0.168 e. The second-order valence-electron chi connectivity index (χ2n) is 3.43. The second kappa shape index (κ2) is 12.0. The Morgan fingerprint density at radius 3 is 2.28 bits per heavy atom. The molecule has 0 unspecified atom stereocenters. The number of carbonyl (C=O) groups is 1. The van der Waals surface area contributed by atoms with Crippen molar-refractivity contribution in [3.63, 3.8) is 0 Å². The molecular formula is C13H21NO4. The Bertz CT molecular complexity index is 303. The monoisotopic (exact) mass is 255 g/mol. The van der Waals surface area contributed by atoms with Crippen molar-refractivity contribution in [3.8, 4) is 0 Å². The van der Waals surface area contributed by atoms with Crippen molar-refractivity contribution in [2.45, 2.75) is 19.9 Å². The highest BCUT2D eigenvalue weighted by Crippen LogP contribution is 1.80. The number of rotatable bonds is 7. The first-order chi connectivity index (χ1) is 8.70. The summed E-state index contributed by atoms with van der Waals surface area (Å²) in [5.74, 6) is -1.09. The van der Waals surface area contributed by atoms with Crippen LogP contribution in [0.3, 0.4) is 0 Å². The van der Waals surface area contributed by atoms with Gasteiger partial charge in [-0.05, 0) is 6.92 Å². The van der Waals surface area contributed by atoms with Crippen LogP contribution in [0.25, 0.3) is 0 Å². The lowest BCUT2D eigenvalue weighted by Gasteiger charge is -2.02. The molecule has 1 aromatic heterocycles. The van der Waals surface area contributed by atoms with E-state index in [9.17, 15) is 9.90 Å². The van der Waals surface area contributed by atoms with Crippen LogP contribution in [0, 0.1) is 0 Å². The number of nitrogens with zero attached hydrogens (tertiary/aromatic N) is 1. The number of aromatic nitrogens is 1. The van der Waals surface area contributed by atoms with Crippen molar-refractivity contribution in [3.05, 3.63) is 30.6 Å². The van der Waals surface area contributed by atoms with Crippen LogP contribution < -0.4 is 9.67 Å². The Kier molecular flexibility index (Phi) is 11.0. The number of ether oxygens (including phenoxy) is 2. The predicted octanol–water partition coefficient (Wildman–Crippen LogP) is -0.217. The van der Waals surface area contributed by atoms with E-state index in [2.05, 4.69) is 28.6 Å². The Hall–Kier alpha value is -1.46. The molecule has 102 valence electrons. The maximum atomic E-state index is 9.81. The topological polar surface area (TPSA) is 62.5 Å². The largest absolute Gasteiger partial charge is 0.550 e. The van der Waals surface area contributed by atoms with Gasteiger partial charge in [0.25, 0.3) is 0 Å². The molecule has 18 heavy (non-hydrogen) atoms. The zero-order valence-corrected chi connectivity index (χ0v) is 11.0. The molecule has 0 N–H and O–H groups in total. The fourth-order valence-electron chi connectivity index (χ4n) is 1.04. The summed E-state index contributed by atoms with van der Waals surface area (Å²) in [5, 5.41) is 9.81. The molecule has 0 atom stereocenters. The van der Waals surface area contributed by atoms with E-state index in [-0.39, 0.29) is 13.0 Å². The van der Waals surface area contributed by atoms with Gasteiger partial charge in [0.1, 0.15) is 6.54 Å². The molecular weight excluding hydrogens is 234 g/mol. The van der Waals surface area contributed by atoms with Gasteiger partial charge in [-0.25, -0.2) is 4.57 Å². The molecule has 0 amide bonds. The van der Waals surface area contributed by atoms with E-state index in [1.54, 1.807) is 7.11 Å². The lowest BCUT2D eigenvalue weighted by molar-refractivity contribution is -0.693. The van der Waals surface area contributed by atoms with Crippen LogP contribution in [0.15, 0.2) is 30.6 Å². The number of hydrogen-bond acceptors (Lipinski definition) is 4. The fourth-order valence-corrected chi connectivity index (χ4v) is 1.04. The highest BCUT2D eigenvalue weighted by Gasteiger charge is 1.87. The molecule has 0 bridgehead atoms. The number of aliphatic carboxylic acids is 1. The van der Waals surface area contributed by atoms with Gasteiger partial charge in [0.05, 0.1) is 19.8 Å². The minimum atomic E-state index is -1.09. The van der Waals surface area contributed by atoms with Crippen molar-refractivity contribution in [1.82, 2.24) is 0 Å². The van der Waals surface area contributed by atoms with Gasteiger partial charge in [-0.2, -0.15) is 0 Å². The summed E-state index contributed by atoms with van der Waals surface area (Å²) in [7, 11) is 1.56. The van der Waals surface area contributed by atoms with Gasteiger partial charge in [-0.3, -0.25) is 0 Å². The summed E-state index contributed by atoms with van der Waals surface area (Å²) in [6, 6.07) is 6.08. The van der Waals surface area contributed by atoms with Gasteiger partial charge in [-0.15, -0.1) is 0 Å². The number of carbonyl (C=O) groups excluding carboxylic acids is 1. The number of carboxylic acid groups (broad SMARTS) is 1. The molecule has 0 saturated heterocycles. The Morgan fingerprint density at radius 2 is 1.83 bits per heavy atom. The predicted molar refractivity (Wildman–Crippen MR) is 64.6 cm³/mol. The van der Waals surface area contributed by atoms with Crippen molar-refractivity contribution in [2.24, 2.45) is 0 Å². The quantitative estimate of drug-likeness (QED) is 0.499. The fraction of sp³-hybridized carbons (Fsp3) is 0.538. The lowest BCUT2D eigenvalue weighted by Crippen LogP contribution is -2.30. The molecule has 0 saturated carbocycles. The van der Waals surface area contributed by atoms with Crippen LogP contribution >= 0.6 is 0 Å². The third kappa shape index (κ3) is 11.0. The van der Waals surface area contributed by atoms with Crippen LogP contribution in [0.5, 0.6) is 0 Å². The molecule has 0 aliphatic heterocycles. The van der Waals surface area contributed by atoms with Crippen molar-refractivity contribution < 1.29 is 23.9 Å². The standard InChI is InChI=1S/C7H10N.C6H12O4/c1-2-8-6-4-3-5-7-8;1-9-4-5-10-3-2-6(7)8/h3-7H,2H2,1H3;2-5H2,1H3,(H,7,8)/q+1;/p-1. The number of methoxy groups -OCH3 is 1. The molecule has 1 heterocycles. The normalized spacial score (nSPS) is 9.44. The maximum absolute atomic E-state index is 9.81. The first-order valence-electron chi connectivity index (χ1n) is 5.91. The van der Waals surface area contributed by atoms with E-state index in [1.165, 1.54) is 0 Å². The van der Waals surface area contributed by atoms with Crippen LogP contribution in [0.4, 0.5) is 0 Å². The molecule has 0 aromatic carbocycles. The number of aryl methyl sites for hydroxylation is 1. The maximum Gasteiger partial charge on any atom is 0.168 e. The van der Waals surface area contributed by atoms with Gasteiger partial charge >= 0.3 is 0 Å². The highest BCUT2D eigenvalue weighted by atomic mass is 16.5. The van der Waals surface area contributed by atoms with E-state index < -0.39 is 5.97 Å². The van der Waals surface area contributed by atoms with Crippen molar-refractivity contribution in [1.29, 1.82) is 0 Å². The molecule has 5 nitrogen and oxygen atoms in total. The van der Waals surface area contributed by atoms with Crippen LogP contribution in [0.2, 0.25) is 0 Å². The van der Waals surface area contributed by atoms with Crippen LogP contribution in [0.1, 0.15) is 13.3 Å². The molecule has 0 radical (unpaired) electrons. The van der Waals surface area contributed by atoms with Gasteiger partial charge in [0.15, 0.2) is 12.4 Å². The van der Waals surface area contributed by atoms with Crippen molar-refractivity contribution in [2.75, 3.05) is 26.9 Å². The summed E-state index contributed by atoms with van der Waals surface area (Å²) in [6.45, 7) is 4.31. The number of hydrogen-bond donors (Lipinski definition) is 0. The molecule has 0 aliphatic carbocycles. The average molecular weight is 255 g/mol. The minimum Gasteiger partial charge on any atom is -0.550 e. The molecule has 0 spiro atoms. The first-order valence-corrected chi connectivity index (χ1v) is 5.91. The summed E-state index contributed by atoms with van der Waals surface area (Å²) in [4.78, 5) is 9.81. The van der Waals surface area contributed by atoms with E-state index >= 15 is 0 Å². The Morgan fingerprint density at radius 1 is 1.17 bits per heavy atom. The third-order valence-electron chi connectivity index (χ3n) is 2.02. The Balaban J connectivity index is 0.000000327. The van der Waals surface area contributed by atoms with E-state index in [1.807, 2.05) is 18.2 Å². The average Bonchev–Trinajstić information content (AvgIpc) is 2.40. The first kappa shape index (κ1) is 16.5. The molecule has 5 heteroatoms. The van der Waals surface area contributed by atoms with Crippen LogP contribution in [-0.4, -0.2) is 32.9 Å². The molecule has 0 fully saturated rings. The SMILES string of the molecule is CC[n+]1ccccc1.COCCOCCC(=O)[O-]. The third-order valence-corrected chi connectivity index (χ3v) is 2.02. The van der Waals surface area contributed by atoms with Gasteiger partial charge < -0.3 is 19.4 Å². The summed E-state index contributed by atoms with van der Waals surface area (Å²) >= 11 is 0. The van der Waals surface area contributed by atoms with E-state index in [0.717, 1.165) is 6.54 Å². The summed E-state index contributed by atoms with van der Waals surface area (Å²) in [6.07, 6.45) is 4.06. The van der Waals surface area contributed by atoms with E-state index in [4.69, 9.17) is 4.74 Å². The summed E-state index contributed by atoms with van der Waals surface area (Å²) < 4.78 is 11.6. The molecule has 1 rings (SSSR count). The number of pyridine rings is 1. The number of carboxylic acids is 1. The zero-order chi connectivity index (χ0) is 13.6. The minimum absolute atomic E-state index is 0.0519. The van der Waals surface area contributed by atoms with Gasteiger partial charge in [0, 0.05) is 31.6 Å². The molecule has 0 aliphatic rings. The molecule has 1 aromatic rings. The van der Waals surface area contributed by atoms with Crippen molar-refractivity contribution >= 4 is 5.97 Å². The second-order valence-corrected chi connectivity index (χ2v) is 3.43. The Labute approximate surface area is 108 Å². The van der Waals surface area contributed by atoms with Gasteiger partial charge in [0.2, 0.25) is 0 Å². The zero-order valence-electron chi connectivity index (χ0n) is 11.0. The summed E-state index contributed by atoms with van der Waals surface area (Å²) in [5.41, 5.74) is 0. The van der Waals surface area contributed by atoms with Gasteiger partial charge in [-0.1, -0.05) is 6.07 Å². The van der Waals surface area contributed by atoms with E-state index in [0.29, 0.717) is 13.2 Å². The highest BCUT2D eigenvalue weighted by molar-refractivity contribution is 5.64.